The Kier molecular flexibility index (Phi) is 3.10. The van der Waals surface area contributed by atoms with Crippen LogP contribution in [0.5, 0.6) is 0 Å². The molecular weight excluding hydrogens is 176 g/mol. The molecule has 0 aromatic carbocycles. The van der Waals surface area contributed by atoms with Gasteiger partial charge in [0.2, 0.25) is 0 Å². The van der Waals surface area contributed by atoms with Gasteiger partial charge in [0.05, 0.1) is 13.2 Å². The van der Waals surface area contributed by atoms with E-state index in [0.717, 1.165) is 26.3 Å². The highest BCUT2D eigenvalue weighted by Crippen LogP contribution is 2.39. The van der Waals surface area contributed by atoms with Crippen LogP contribution in [0.25, 0.3) is 0 Å². The summed E-state index contributed by atoms with van der Waals surface area (Å²) in [4.78, 5) is 2.62. The maximum Gasteiger partial charge on any atom is 0.0622 e. The Morgan fingerprint density at radius 2 is 2.29 bits per heavy atom. The van der Waals surface area contributed by atoms with E-state index in [2.05, 4.69) is 11.8 Å². The lowest BCUT2D eigenvalue weighted by Gasteiger charge is -2.54. The normalized spacial score (nSPS) is 32.6. The third kappa shape index (κ3) is 1.58. The third-order valence-corrected chi connectivity index (χ3v) is 3.97. The standard InChI is InChI=1S/C11H22N2O/c1-2-10-8-14-7-6-13(10)11(9-12)4-3-5-11/h10H,2-9,12H2,1H3. The molecule has 0 spiro atoms. The highest BCUT2D eigenvalue weighted by atomic mass is 16.5. The van der Waals surface area contributed by atoms with E-state index in [-0.39, 0.29) is 0 Å². The van der Waals surface area contributed by atoms with Crippen molar-refractivity contribution in [3.63, 3.8) is 0 Å². The summed E-state index contributed by atoms with van der Waals surface area (Å²) in [5.41, 5.74) is 6.27. The molecule has 14 heavy (non-hydrogen) atoms. The van der Waals surface area contributed by atoms with Crippen molar-refractivity contribution in [3.8, 4) is 0 Å². The topological polar surface area (TPSA) is 38.5 Å². The highest BCUT2D eigenvalue weighted by molar-refractivity contribution is 5.01. The molecule has 0 radical (unpaired) electrons. The van der Waals surface area contributed by atoms with Crippen LogP contribution in [0.4, 0.5) is 0 Å². The molecule has 0 aromatic heterocycles. The van der Waals surface area contributed by atoms with E-state index >= 15 is 0 Å². The first-order valence-corrected chi connectivity index (χ1v) is 5.87. The summed E-state index contributed by atoms with van der Waals surface area (Å²) in [7, 11) is 0. The van der Waals surface area contributed by atoms with E-state index in [0.29, 0.717) is 11.6 Å². The summed E-state index contributed by atoms with van der Waals surface area (Å²) in [5.74, 6) is 0. The molecule has 1 saturated heterocycles. The number of ether oxygens (including phenoxy) is 1. The number of hydrogen-bond acceptors (Lipinski definition) is 3. The van der Waals surface area contributed by atoms with Gasteiger partial charge in [-0.15, -0.1) is 0 Å². The Morgan fingerprint density at radius 1 is 1.50 bits per heavy atom. The molecular formula is C11H22N2O. The second-order valence-corrected chi connectivity index (χ2v) is 4.61. The van der Waals surface area contributed by atoms with Gasteiger partial charge in [-0.2, -0.15) is 0 Å². The molecule has 1 aliphatic carbocycles. The molecule has 2 N–H and O–H groups in total. The molecule has 0 amide bonds. The molecule has 1 unspecified atom stereocenters. The average Bonchev–Trinajstić information content (AvgIpc) is 2.18. The second kappa shape index (κ2) is 4.17. The summed E-state index contributed by atoms with van der Waals surface area (Å²) in [6.45, 7) is 5.94. The predicted molar refractivity (Wildman–Crippen MR) is 57.2 cm³/mol. The minimum atomic E-state index is 0.338. The Bertz CT molecular complexity index is 186. The van der Waals surface area contributed by atoms with Gasteiger partial charge < -0.3 is 10.5 Å². The molecule has 2 fully saturated rings. The molecule has 3 nitrogen and oxygen atoms in total. The number of nitrogens with zero attached hydrogens (tertiary/aromatic N) is 1. The molecule has 1 aliphatic heterocycles. The van der Waals surface area contributed by atoms with E-state index in [9.17, 15) is 0 Å². The zero-order chi connectivity index (χ0) is 10.0. The van der Waals surface area contributed by atoms with Crippen LogP contribution < -0.4 is 5.73 Å². The molecule has 1 saturated carbocycles. The van der Waals surface area contributed by atoms with E-state index in [1.807, 2.05) is 0 Å². The Morgan fingerprint density at radius 3 is 2.79 bits per heavy atom. The largest absolute Gasteiger partial charge is 0.378 e. The minimum Gasteiger partial charge on any atom is -0.378 e. The van der Waals surface area contributed by atoms with Gasteiger partial charge in [0, 0.05) is 24.7 Å². The molecule has 2 aliphatic rings. The van der Waals surface area contributed by atoms with Crippen LogP contribution in [-0.2, 0) is 4.74 Å². The number of hydrogen-bond donors (Lipinski definition) is 1. The zero-order valence-corrected chi connectivity index (χ0v) is 9.17. The smallest absolute Gasteiger partial charge is 0.0622 e. The average molecular weight is 198 g/mol. The van der Waals surface area contributed by atoms with Crippen LogP contribution in [0.3, 0.4) is 0 Å². The summed E-state index contributed by atoms with van der Waals surface area (Å²) < 4.78 is 5.53. The van der Waals surface area contributed by atoms with Crippen molar-refractivity contribution in [3.05, 3.63) is 0 Å². The molecule has 82 valence electrons. The van der Waals surface area contributed by atoms with Crippen molar-refractivity contribution in [2.24, 2.45) is 5.73 Å². The van der Waals surface area contributed by atoms with Gasteiger partial charge in [-0.25, -0.2) is 0 Å². The molecule has 0 aromatic rings. The molecule has 0 bridgehead atoms. The fraction of sp³-hybridized carbons (Fsp3) is 1.00. The zero-order valence-electron chi connectivity index (χ0n) is 9.17. The first-order valence-electron chi connectivity index (χ1n) is 5.87. The Hall–Kier alpha value is -0.120. The third-order valence-electron chi connectivity index (χ3n) is 3.97. The lowest BCUT2D eigenvalue weighted by atomic mass is 9.74. The van der Waals surface area contributed by atoms with Crippen molar-refractivity contribution in [1.82, 2.24) is 4.90 Å². The van der Waals surface area contributed by atoms with E-state index < -0.39 is 0 Å². The van der Waals surface area contributed by atoms with Crippen LogP contribution in [0, 0.1) is 0 Å². The van der Waals surface area contributed by atoms with E-state index in [1.54, 1.807) is 0 Å². The van der Waals surface area contributed by atoms with Crippen LogP contribution in [0.2, 0.25) is 0 Å². The SMILES string of the molecule is CCC1COCCN1C1(CN)CCC1. The van der Waals surface area contributed by atoms with Crippen molar-refractivity contribution >= 4 is 0 Å². The molecule has 3 heteroatoms. The van der Waals surface area contributed by atoms with Gasteiger partial charge in [0.25, 0.3) is 0 Å². The Labute approximate surface area is 86.6 Å². The first-order chi connectivity index (χ1) is 6.82. The van der Waals surface area contributed by atoms with Crippen molar-refractivity contribution in [2.75, 3.05) is 26.3 Å². The fourth-order valence-electron chi connectivity index (χ4n) is 2.81. The minimum absolute atomic E-state index is 0.338. The number of nitrogens with two attached hydrogens (primary N) is 1. The summed E-state index contributed by atoms with van der Waals surface area (Å²) in [6, 6.07) is 0.604. The lowest BCUT2D eigenvalue weighted by molar-refractivity contribution is -0.0907. The quantitative estimate of drug-likeness (QED) is 0.734. The van der Waals surface area contributed by atoms with Crippen molar-refractivity contribution in [2.45, 2.75) is 44.2 Å². The summed E-state index contributed by atoms with van der Waals surface area (Å²) in [5, 5.41) is 0. The van der Waals surface area contributed by atoms with Gasteiger partial charge in [-0.05, 0) is 25.7 Å². The van der Waals surface area contributed by atoms with Gasteiger partial charge in [-0.1, -0.05) is 6.92 Å². The van der Waals surface area contributed by atoms with E-state index in [4.69, 9.17) is 10.5 Å². The van der Waals surface area contributed by atoms with Crippen molar-refractivity contribution in [1.29, 1.82) is 0 Å². The molecule has 2 rings (SSSR count). The van der Waals surface area contributed by atoms with Gasteiger partial charge in [0.15, 0.2) is 0 Å². The van der Waals surface area contributed by atoms with E-state index in [1.165, 1.54) is 25.7 Å². The molecule has 1 atom stereocenters. The monoisotopic (exact) mass is 198 g/mol. The van der Waals surface area contributed by atoms with Crippen LogP contribution in [0.1, 0.15) is 32.6 Å². The van der Waals surface area contributed by atoms with Crippen LogP contribution in [0.15, 0.2) is 0 Å². The van der Waals surface area contributed by atoms with Gasteiger partial charge in [-0.3, -0.25) is 4.90 Å². The van der Waals surface area contributed by atoms with Crippen LogP contribution >= 0.6 is 0 Å². The maximum absolute atomic E-state index is 5.93. The summed E-state index contributed by atoms with van der Waals surface area (Å²) >= 11 is 0. The predicted octanol–water partition coefficient (Wildman–Crippen LogP) is 0.979. The van der Waals surface area contributed by atoms with Gasteiger partial charge >= 0.3 is 0 Å². The molecule has 1 heterocycles. The Balaban J connectivity index is 2.05. The van der Waals surface area contributed by atoms with Crippen LogP contribution in [-0.4, -0.2) is 42.8 Å². The second-order valence-electron chi connectivity index (χ2n) is 4.61. The van der Waals surface area contributed by atoms with Gasteiger partial charge in [0.1, 0.15) is 0 Å². The number of rotatable bonds is 3. The van der Waals surface area contributed by atoms with Crippen molar-refractivity contribution < 1.29 is 4.74 Å². The maximum atomic E-state index is 5.93. The highest BCUT2D eigenvalue weighted by Gasteiger charge is 2.44. The lowest BCUT2D eigenvalue weighted by Crippen LogP contribution is -2.64. The fourth-order valence-corrected chi connectivity index (χ4v) is 2.81. The summed E-state index contributed by atoms with van der Waals surface area (Å²) in [6.07, 6.45) is 5.12. The first kappa shape index (κ1) is 10.4. The number of morpholine rings is 1.